The van der Waals surface area contributed by atoms with Crippen LogP contribution in [0.15, 0.2) is 47.4 Å². The number of hydrogen-bond donors (Lipinski definition) is 1. The van der Waals surface area contributed by atoms with E-state index < -0.39 is 22.0 Å². The molecule has 0 saturated heterocycles. The summed E-state index contributed by atoms with van der Waals surface area (Å²) >= 11 is 0. The lowest BCUT2D eigenvalue weighted by molar-refractivity contribution is -0.124. The third kappa shape index (κ3) is 3.00. The molecule has 3 rings (SSSR count). The molecule has 0 fully saturated rings. The number of benzene rings is 2. The van der Waals surface area contributed by atoms with Crippen molar-refractivity contribution in [1.29, 1.82) is 0 Å². The number of aryl methyl sites for hydroxylation is 1. The number of fused-ring (bicyclic) bond motifs is 1. The van der Waals surface area contributed by atoms with Gasteiger partial charge in [0, 0.05) is 0 Å². The molecule has 0 bridgehead atoms. The van der Waals surface area contributed by atoms with Gasteiger partial charge in [0.2, 0.25) is 0 Å². The van der Waals surface area contributed by atoms with Gasteiger partial charge in [-0.1, -0.05) is 18.2 Å². The van der Waals surface area contributed by atoms with Crippen LogP contribution >= 0.6 is 0 Å². The van der Waals surface area contributed by atoms with Crippen molar-refractivity contribution in [3.8, 4) is 11.5 Å². The number of rotatable bonds is 4. The van der Waals surface area contributed by atoms with E-state index >= 15 is 0 Å². The molecule has 1 heterocycles. The summed E-state index contributed by atoms with van der Waals surface area (Å²) in [6.07, 6.45) is -1.07. The van der Waals surface area contributed by atoms with Gasteiger partial charge in [-0.05, 0) is 36.8 Å². The Morgan fingerprint density at radius 2 is 2.00 bits per heavy atom. The van der Waals surface area contributed by atoms with E-state index in [0.717, 1.165) is 9.87 Å². The molecule has 0 radical (unpaired) electrons. The Hall–Kier alpha value is -2.74. The Morgan fingerprint density at radius 3 is 2.68 bits per heavy atom. The van der Waals surface area contributed by atoms with Crippen LogP contribution in [0.25, 0.3) is 0 Å². The van der Waals surface area contributed by atoms with Gasteiger partial charge in [-0.25, -0.2) is 8.42 Å². The number of amides is 1. The Bertz CT molecular complexity index is 926. The number of hydrogen-bond acceptors (Lipinski definition) is 5. The topological polar surface area (TPSA) is 98.9 Å². The second-order valence-corrected chi connectivity index (χ2v) is 7.50. The van der Waals surface area contributed by atoms with Gasteiger partial charge in [-0.3, -0.25) is 9.10 Å². The van der Waals surface area contributed by atoms with E-state index in [1.807, 2.05) is 0 Å². The maximum Gasteiger partial charge on any atom is 0.268 e. The first-order valence-corrected chi connectivity index (χ1v) is 9.01. The molecule has 0 aromatic heterocycles. The van der Waals surface area contributed by atoms with Crippen LogP contribution in [0.2, 0.25) is 0 Å². The molecule has 1 atom stereocenters. The molecular weight excluding hydrogens is 344 g/mol. The molecule has 2 aromatic rings. The maximum atomic E-state index is 13.3. The van der Waals surface area contributed by atoms with E-state index in [1.54, 1.807) is 43.3 Å². The largest absolute Gasteiger partial charge is 0.495 e. The molecular formula is C17H18N2O5S. The summed E-state index contributed by atoms with van der Waals surface area (Å²) < 4.78 is 38.4. The first-order valence-electron chi connectivity index (χ1n) is 7.57. The predicted molar refractivity (Wildman–Crippen MR) is 92.3 cm³/mol. The molecule has 2 N–H and O–H groups in total. The van der Waals surface area contributed by atoms with Crippen molar-refractivity contribution in [1.82, 2.24) is 0 Å². The molecule has 0 unspecified atom stereocenters. The van der Waals surface area contributed by atoms with Crippen LogP contribution in [0.5, 0.6) is 11.5 Å². The maximum absolute atomic E-state index is 13.3. The van der Waals surface area contributed by atoms with E-state index in [-0.39, 0.29) is 22.9 Å². The van der Waals surface area contributed by atoms with E-state index in [0.29, 0.717) is 5.69 Å². The van der Waals surface area contributed by atoms with E-state index in [2.05, 4.69) is 0 Å². The molecule has 1 aliphatic heterocycles. The number of sulfonamides is 1. The van der Waals surface area contributed by atoms with Crippen LogP contribution < -0.4 is 19.5 Å². The number of anilines is 1. The molecule has 7 nitrogen and oxygen atoms in total. The Balaban J connectivity index is 2.17. The van der Waals surface area contributed by atoms with Crippen molar-refractivity contribution in [3.63, 3.8) is 0 Å². The van der Waals surface area contributed by atoms with Crippen LogP contribution in [-0.4, -0.2) is 34.1 Å². The van der Waals surface area contributed by atoms with Gasteiger partial charge in [0.15, 0.2) is 6.10 Å². The van der Waals surface area contributed by atoms with Crippen molar-refractivity contribution in [2.75, 3.05) is 18.0 Å². The lowest BCUT2D eigenvalue weighted by Crippen LogP contribution is -2.49. The Morgan fingerprint density at radius 1 is 1.28 bits per heavy atom. The van der Waals surface area contributed by atoms with Gasteiger partial charge in [0.1, 0.15) is 16.4 Å². The fourth-order valence-electron chi connectivity index (χ4n) is 2.68. The molecule has 1 amide bonds. The highest BCUT2D eigenvalue weighted by Crippen LogP contribution is 2.38. The number of methoxy groups -OCH3 is 1. The summed E-state index contributed by atoms with van der Waals surface area (Å²) in [6.45, 7) is 1.59. The van der Waals surface area contributed by atoms with Crippen molar-refractivity contribution < 1.29 is 22.7 Å². The molecule has 0 spiro atoms. The molecule has 0 saturated carbocycles. The summed E-state index contributed by atoms with van der Waals surface area (Å²) in [5.74, 6) is -0.219. The smallest absolute Gasteiger partial charge is 0.268 e. The SMILES string of the molecule is COc1ccc(C)cc1S(=O)(=O)N1C[C@@H](C(N)=O)Oc2ccccc21. The van der Waals surface area contributed by atoms with Crippen LogP contribution in [-0.2, 0) is 14.8 Å². The second kappa shape index (κ2) is 6.29. The summed E-state index contributed by atoms with van der Waals surface area (Å²) in [4.78, 5) is 11.6. The molecule has 25 heavy (non-hydrogen) atoms. The minimum Gasteiger partial charge on any atom is -0.495 e. The standard InChI is InChI=1S/C17H18N2O5S/c1-11-7-8-14(23-2)16(9-11)25(21,22)19-10-15(17(18)20)24-13-6-4-3-5-12(13)19/h3-9,15H,10H2,1-2H3,(H2,18,20)/t15-/m0/s1. The summed E-state index contributed by atoms with van der Waals surface area (Å²) in [5, 5.41) is 0. The highest BCUT2D eigenvalue weighted by atomic mass is 32.2. The first-order chi connectivity index (χ1) is 11.8. The summed E-state index contributed by atoms with van der Waals surface area (Å²) in [7, 11) is -2.58. The predicted octanol–water partition coefficient (Wildman–Crippen LogP) is 1.45. The number of primary amides is 1. The minimum atomic E-state index is -3.99. The number of carbonyl (C=O) groups is 1. The minimum absolute atomic E-state index is 0.0231. The number of nitrogens with zero attached hydrogens (tertiary/aromatic N) is 1. The van der Waals surface area contributed by atoms with Gasteiger partial charge >= 0.3 is 0 Å². The number of para-hydroxylation sites is 2. The van der Waals surface area contributed by atoms with Crippen LogP contribution in [0.4, 0.5) is 5.69 Å². The van der Waals surface area contributed by atoms with Crippen LogP contribution in [0.3, 0.4) is 0 Å². The highest BCUT2D eigenvalue weighted by Gasteiger charge is 2.37. The molecule has 2 aromatic carbocycles. The van der Waals surface area contributed by atoms with Crippen LogP contribution in [0, 0.1) is 6.92 Å². The zero-order valence-corrected chi connectivity index (χ0v) is 14.6. The highest BCUT2D eigenvalue weighted by molar-refractivity contribution is 7.93. The van der Waals surface area contributed by atoms with Gasteiger partial charge in [0.05, 0.1) is 19.3 Å². The summed E-state index contributed by atoms with van der Waals surface area (Å²) in [5.41, 5.74) is 6.46. The van der Waals surface area contributed by atoms with Crippen molar-refractivity contribution in [2.24, 2.45) is 5.73 Å². The fraction of sp³-hybridized carbons (Fsp3) is 0.235. The van der Waals surface area contributed by atoms with Crippen molar-refractivity contribution in [2.45, 2.75) is 17.9 Å². The molecule has 132 valence electrons. The molecule has 8 heteroatoms. The lowest BCUT2D eigenvalue weighted by atomic mass is 10.2. The third-order valence-electron chi connectivity index (χ3n) is 3.94. The lowest BCUT2D eigenvalue weighted by Gasteiger charge is -2.34. The van der Waals surface area contributed by atoms with Crippen molar-refractivity contribution >= 4 is 21.6 Å². The summed E-state index contributed by atoms with van der Waals surface area (Å²) in [6, 6.07) is 11.5. The third-order valence-corrected chi connectivity index (χ3v) is 5.74. The van der Waals surface area contributed by atoms with Crippen molar-refractivity contribution in [3.05, 3.63) is 48.0 Å². The average Bonchev–Trinajstić information content (AvgIpc) is 2.60. The van der Waals surface area contributed by atoms with Gasteiger partial charge in [-0.2, -0.15) is 0 Å². The average molecular weight is 362 g/mol. The zero-order valence-electron chi connectivity index (χ0n) is 13.8. The van der Waals surface area contributed by atoms with E-state index in [9.17, 15) is 13.2 Å². The van der Waals surface area contributed by atoms with Gasteiger partial charge < -0.3 is 15.2 Å². The second-order valence-electron chi connectivity index (χ2n) is 5.67. The normalized spacial score (nSPS) is 16.7. The fourth-order valence-corrected chi connectivity index (χ4v) is 4.40. The first kappa shape index (κ1) is 17.1. The van der Waals surface area contributed by atoms with Crippen LogP contribution in [0.1, 0.15) is 5.56 Å². The van der Waals surface area contributed by atoms with E-state index in [1.165, 1.54) is 13.2 Å². The molecule has 0 aliphatic carbocycles. The number of nitrogens with two attached hydrogens (primary N) is 1. The monoisotopic (exact) mass is 362 g/mol. The molecule has 1 aliphatic rings. The quantitative estimate of drug-likeness (QED) is 0.887. The zero-order chi connectivity index (χ0) is 18.2. The Labute approximate surface area is 146 Å². The number of carbonyl (C=O) groups excluding carboxylic acids is 1. The number of ether oxygens (including phenoxy) is 2. The Kier molecular flexibility index (Phi) is 4.30. The van der Waals surface area contributed by atoms with E-state index in [4.69, 9.17) is 15.2 Å². The van der Waals surface area contributed by atoms with Gasteiger partial charge in [0.25, 0.3) is 15.9 Å². The van der Waals surface area contributed by atoms with Gasteiger partial charge in [-0.15, -0.1) is 0 Å².